The third-order valence-corrected chi connectivity index (χ3v) is 4.35. The zero-order valence-corrected chi connectivity index (χ0v) is 17.0. The molecule has 3 rings (SSSR count). The van der Waals surface area contributed by atoms with E-state index in [4.69, 9.17) is 26.5 Å². The Bertz CT molecular complexity index is 954. The van der Waals surface area contributed by atoms with Crippen molar-refractivity contribution in [3.05, 3.63) is 71.1 Å². The van der Waals surface area contributed by atoms with Crippen LogP contribution >= 0.6 is 11.6 Å². The van der Waals surface area contributed by atoms with Crippen LogP contribution in [0.5, 0.6) is 0 Å². The molecular weight excluding hydrogens is 392 g/mol. The van der Waals surface area contributed by atoms with Gasteiger partial charge in [-0.1, -0.05) is 48.0 Å². The van der Waals surface area contributed by atoms with Crippen LogP contribution in [0.2, 0.25) is 5.02 Å². The number of benzene rings is 2. The van der Waals surface area contributed by atoms with E-state index in [0.717, 1.165) is 5.56 Å². The summed E-state index contributed by atoms with van der Waals surface area (Å²) in [5.74, 6) is 0.271. The van der Waals surface area contributed by atoms with Gasteiger partial charge in [0.05, 0.1) is 18.7 Å². The van der Waals surface area contributed by atoms with Crippen LogP contribution in [-0.2, 0) is 16.1 Å². The summed E-state index contributed by atoms with van der Waals surface area (Å²) in [7, 11) is 0. The Kier molecular flexibility index (Phi) is 6.64. The number of rotatable bonds is 8. The van der Waals surface area contributed by atoms with Crippen LogP contribution in [-0.4, -0.2) is 28.2 Å². The molecule has 0 fully saturated rings. The Labute approximate surface area is 174 Å². The molecule has 0 aliphatic carbocycles. The molecule has 0 saturated heterocycles. The third-order valence-electron chi connectivity index (χ3n) is 4.11. The molecule has 2 aromatic carbocycles. The first kappa shape index (κ1) is 21.0. The highest BCUT2D eigenvalue weighted by molar-refractivity contribution is 6.30. The van der Waals surface area contributed by atoms with Crippen molar-refractivity contribution in [3.63, 3.8) is 0 Å². The number of ether oxygens (including phenoxy) is 1. The highest BCUT2D eigenvalue weighted by Crippen LogP contribution is 2.25. The van der Waals surface area contributed by atoms with E-state index < -0.39 is 11.6 Å². The van der Waals surface area contributed by atoms with Crippen LogP contribution in [0.15, 0.2) is 59.0 Å². The second-order valence-corrected chi connectivity index (χ2v) is 7.61. The number of carbonyl (C=O) groups excluding carboxylic acids is 1. The van der Waals surface area contributed by atoms with E-state index in [1.54, 1.807) is 32.0 Å². The molecule has 0 aliphatic rings. The molecular formula is C21H23ClN4O3. The number of hydrogen-bond acceptors (Lipinski definition) is 6. The van der Waals surface area contributed by atoms with Gasteiger partial charge in [0.2, 0.25) is 17.7 Å². The summed E-state index contributed by atoms with van der Waals surface area (Å²) in [6, 6.07) is 16.8. The van der Waals surface area contributed by atoms with E-state index in [9.17, 15) is 4.79 Å². The van der Waals surface area contributed by atoms with Gasteiger partial charge in [0.1, 0.15) is 0 Å². The molecule has 0 radical (unpaired) electrons. The van der Waals surface area contributed by atoms with Gasteiger partial charge in [-0.3, -0.25) is 4.79 Å². The number of hydrogen-bond donors (Lipinski definition) is 2. The maximum Gasteiger partial charge on any atom is 0.247 e. The molecule has 1 heterocycles. The summed E-state index contributed by atoms with van der Waals surface area (Å²) in [5, 5.41) is 11.5. The number of amides is 1. The fourth-order valence-corrected chi connectivity index (χ4v) is 2.69. The summed E-state index contributed by atoms with van der Waals surface area (Å²) in [5.41, 5.74) is 6.52. The van der Waals surface area contributed by atoms with Crippen molar-refractivity contribution in [2.24, 2.45) is 5.73 Å². The molecule has 29 heavy (non-hydrogen) atoms. The standard InChI is InChI=1S/C21H23ClN4O3/c1-21(2,23)20(27)24-12-17(28-13-14-7-4-3-5-8-14)19-26-25-18(29-19)15-9-6-10-16(22)11-15/h3-11,17H,12-13,23H2,1-2H3,(H,24,27). The monoisotopic (exact) mass is 414 g/mol. The second kappa shape index (κ2) is 9.17. The number of aromatic nitrogens is 2. The molecule has 1 unspecified atom stereocenters. The first-order chi connectivity index (χ1) is 13.8. The van der Waals surface area contributed by atoms with Crippen molar-refractivity contribution in [3.8, 4) is 11.5 Å². The second-order valence-electron chi connectivity index (χ2n) is 7.17. The van der Waals surface area contributed by atoms with Gasteiger partial charge in [-0.2, -0.15) is 0 Å². The predicted octanol–water partition coefficient (Wildman–Crippen LogP) is 3.50. The molecule has 1 atom stereocenters. The quantitative estimate of drug-likeness (QED) is 0.584. The minimum atomic E-state index is -1.01. The van der Waals surface area contributed by atoms with Gasteiger partial charge in [-0.25, -0.2) is 0 Å². The first-order valence-electron chi connectivity index (χ1n) is 9.15. The molecule has 1 amide bonds. The third kappa shape index (κ3) is 5.87. The number of halogens is 1. The summed E-state index contributed by atoms with van der Waals surface area (Å²) in [6.07, 6.45) is -0.637. The van der Waals surface area contributed by atoms with Crippen LogP contribution in [0.3, 0.4) is 0 Å². The average molecular weight is 415 g/mol. The Morgan fingerprint density at radius 2 is 1.97 bits per heavy atom. The van der Waals surface area contributed by atoms with E-state index in [2.05, 4.69) is 15.5 Å². The molecule has 0 saturated carbocycles. The topological polar surface area (TPSA) is 103 Å². The van der Waals surface area contributed by atoms with Crippen molar-refractivity contribution in [2.75, 3.05) is 6.54 Å². The van der Waals surface area contributed by atoms with Gasteiger partial charge in [-0.15, -0.1) is 10.2 Å². The first-order valence-corrected chi connectivity index (χ1v) is 9.53. The Hall–Kier alpha value is -2.74. The van der Waals surface area contributed by atoms with Crippen LogP contribution < -0.4 is 11.1 Å². The predicted molar refractivity (Wildman–Crippen MR) is 110 cm³/mol. The van der Waals surface area contributed by atoms with Crippen molar-refractivity contribution >= 4 is 17.5 Å². The minimum Gasteiger partial charge on any atom is -0.418 e. The highest BCUT2D eigenvalue weighted by atomic mass is 35.5. The van der Waals surface area contributed by atoms with Crippen LogP contribution in [0, 0.1) is 0 Å². The van der Waals surface area contributed by atoms with Crippen LogP contribution in [0.4, 0.5) is 0 Å². The summed E-state index contributed by atoms with van der Waals surface area (Å²) in [4.78, 5) is 12.2. The summed E-state index contributed by atoms with van der Waals surface area (Å²) < 4.78 is 11.8. The highest BCUT2D eigenvalue weighted by Gasteiger charge is 2.26. The van der Waals surface area contributed by atoms with Crippen LogP contribution in [0.1, 0.15) is 31.4 Å². The Balaban J connectivity index is 1.77. The Morgan fingerprint density at radius 1 is 1.21 bits per heavy atom. The zero-order valence-electron chi connectivity index (χ0n) is 16.3. The molecule has 0 aliphatic heterocycles. The number of nitrogens with zero attached hydrogens (tertiary/aromatic N) is 2. The van der Waals surface area contributed by atoms with E-state index in [0.29, 0.717) is 23.1 Å². The molecule has 3 N–H and O–H groups in total. The maximum atomic E-state index is 12.2. The fraction of sp³-hybridized carbons (Fsp3) is 0.286. The lowest BCUT2D eigenvalue weighted by molar-refractivity contribution is -0.126. The van der Waals surface area contributed by atoms with Gasteiger partial charge in [0.25, 0.3) is 0 Å². The van der Waals surface area contributed by atoms with Gasteiger partial charge in [0, 0.05) is 10.6 Å². The minimum absolute atomic E-state index is 0.142. The lowest BCUT2D eigenvalue weighted by Gasteiger charge is -2.20. The molecule has 0 bridgehead atoms. The van der Waals surface area contributed by atoms with Gasteiger partial charge in [-0.05, 0) is 37.6 Å². The largest absolute Gasteiger partial charge is 0.418 e. The smallest absolute Gasteiger partial charge is 0.247 e. The van der Waals surface area contributed by atoms with Gasteiger partial charge in [0.15, 0.2) is 6.10 Å². The fourth-order valence-electron chi connectivity index (χ4n) is 2.50. The lowest BCUT2D eigenvalue weighted by atomic mass is 10.1. The zero-order chi connectivity index (χ0) is 20.9. The van der Waals surface area contributed by atoms with Crippen molar-refractivity contribution in [2.45, 2.75) is 32.1 Å². The van der Waals surface area contributed by atoms with Crippen molar-refractivity contribution < 1.29 is 13.9 Å². The van der Waals surface area contributed by atoms with Crippen molar-refractivity contribution in [1.29, 1.82) is 0 Å². The van der Waals surface area contributed by atoms with E-state index in [1.807, 2.05) is 36.4 Å². The molecule has 3 aromatic rings. The molecule has 152 valence electrons. The van der Waals surface area contributed by atoms with Gasteiger partial charge < -0.3 is 20.2 Å². The van der Waals surface area contributed by atoms with Gasteiger partial charge >= 0.3 is 0 Å². The Morgan fingerprint density at radius 3 is 2.66 bits per heavy atom. The lowest BCUT2D eigenvalue weighted by Crippen LogP contribution is -2.50. The number of nitrogens with one attached hydrogen (secondary N) is 1. The summed E-state index contributed by atoms with van der Waals surface area (Å²) >= 11 is 6.04. The average Bonchev–Trinajstić information content (AvgIpc) is 3.18. The number of nitrogens with two attached hydrogens (primary N) is 1. The van der Waals surface area contributed by atoms with Crippen LogP contribution in [0.25, 0.3) is 11.5 Å². The molecule has 1 aromatic heterocycles. The normalized spacial score (nSPS) is 12.6. The number of carbonyl (C=O) groups is 1. The van der Waals surface area contributed by atoms with E-state index >= 15 is 0 Å². The maximum absolute atomic E-state index is 12.2. The SMILES string of the molecule is CC(C)(N)C(=O)NCC(OCc1ccccc1)c1nnc(-c2cccc(Cl)c2)o1. The molecule has 8 heteroatoms. The summed E-state index contributed by atoms with van der Waals surface area (Å²) in [6.45, 7) is 3.73. The van der Waals surface area contributed by atoms with E-state index in [-0.39, 0.29) is 18.3 Å². The molecule has 7 nitrogen and oxygen atoms in total. The molecule has 0 spiro atoms. The van der Waals surface area contributed by atoms with Crippen molar-refractivity contribution in [1.82, 2.24) is 15.5 Å². The van der Waals surface area contributed by atoms with E-state index in [1.165, 1.54) is 0 Å².